The molecule has 2 aromatic rings. The maximum absolute atomic E-state index is 11.8. The number of aryl methyl sites for hydroxylation is 1. The van der Waals surface area contributed by atoms with E-state index >= 15 is 0 Å². The zero-order chi connectivity index (χ0) is 14.5. The minimum absolute atomic E-state index is 0.0347. The van der Waals surface area contributed by atoms with E-state index in [9.17, 15) is 4.79 Å². The highest BCUT2D eigenvalue weighted by atomic mass is 127. The summed E-state index contributed by atoms with van der Waals surface area (Å²) in [5.74, 6) is 0.424. The van der Waals surface area contributed by atoms with Crippen LogP contribution in [0.5, 0.6) is 5.75 Å². The van der Waals surface area contributed by atoms with Crippen LogP contribution in [-0.4, -0.2) is 12.5 Å². The standard InChI is InChI=1S/C15H13ClINO2/c1-10-8-12(17)4-7-14(10)18-15(19)9-20-13-5-2-11(16)3-6-13/h2-8H,9H2,1H3,(H,18,19). The number of carbonyl (C=O) groups excluding carboxylic acids is 1. The molecule has 104 valence electrons. The van der Waals surface area contributed by atoms with Gasteiger partial charge in [-0.2, -0.15) is 0 Å². The molecule has 3 nitrogen and oxygen atoms in total. The Morgan fingerprint density at radius 1 is 1.25 bits per heavy atom. The molecule has 0 atom stereocenters. The Hall–Kier alpha value is -1.27. The van der Waals surface area contributed by atoms with Crippen LogP contribution in [0.3, 0.4) is 0 Å². The number of ether oxygens (including phenoxy) is 1. The third kappa shape index (κ3) is 4.38. The first-order valence-corrected chi connectivity index (χ1v) is 7.44. The van der Waals surface area contributed by atoms with E-state index in [0.717, 1.165) is 14.8 Å². The SMILES string of the molecule is Cc1cc(I)ccc1NC(=O)COc1ccc(Cl)cc1. The van der Waals surface area contributed by atoms with Crippen molar-refractivity contribution in [3.63, 3.8) is 0 Å². The van der Waals surface area contributed by atoms with Crippen molar-refractivity contribution in [1.29, 1.82) is 0 Å². The zero-order valence-electron chi connectivity index (χ0n) is 10.8. The Morgan fingerprint density at radius 2 is 1.95 bits per heavy atom. The summed E-state index contributed by atoms with van der Waals surface area (Å²) in [4.78, 5) is 11.8. The molecular formula is C15H13ClINO2. The van der Waals surface area contributed by atoms with Crippen LogP contribution in [0.1, 0.15) is 5.56 Å². The molecule has 0 saturated heterocycles. The lowest BCUT2D eigenvalue weighted by Crippen LogP contribution is -2.20. The number of halogens is 2. The molecular weight excluding hydrogens is 389 g/mol. The first-order chi connectivity index (χ1) is 9.54. The van der Waals surface area contributed by atoms with Crippen LogP contribution < -0.4 is 10.1 Å². The Labute approximate surface area is 136 Å². The summed E-state index contributed by atoms with van der Waals surface area (Å²) in [5.41, 5.74) is 1.83. The van der Waals surface area contributed by atoms with Crippen LogP contribution in [0, 0.1) is 10.5 Å². The van der Waals surface area contributed by atoms with Crippen molar-refractivity contribution in [2.75, 3.05) is 11.9 Å². The largest absolute Gasteiger partial charge is 0.484 e. The molecule has 0 aromatic heterocycles. The van der Waals surface area contributed by atoms with E-state index in [1.54, 1.807) is 24.3 Å². The molecule has 0 aliphatic carbocycles. The topological polar surface area (TPSA) is 38.3 Å². The monoisotopic (exact) mass is 401 g/mol. The molecule has 20 heavy (non-hydrogen) atoms. The molecule has 1 N–H and O–H groups in total. The lowest BCUT2D eigenvalue weighted by atomic mass is 10.2. The van der Waals surface area contributed by atoms with Gasteiger partial charge < -0.3 is 10.1 Å². The van der Waals surface area contributed by atoms with Crippen molar-refractivity contribution in [3.8, 4) is 5.75 Å². The minimum Gasteiger partial charge on any atom is -0.484 e. The molecule has 0 fully saturated rings. The molecule has 0 aliphatic rings. The number of amides is 1. The molecule has 2 aromatic carbocycles. The summed E-state index contributed by atoms with van der Waals surface area (Å²) in [6.45, 7) is 1.92. The summed E-state index contributed by atoms with van der Waals surface area (Å²) < 4.78 is 6.52. The van der Waals surface area contributed by atoms with Crippen LogP contribution in [0.25, 0.3) is 0 Å². The van der Waals surface area contributed by atoms with Gasteiger partial charge in [-0.05, 0) is 77.5 Å². The third-order valence-corrected chi connectivity index (χ3v) is 3.57. The van der Waals surface area contributed by atoms with Gasteiger partial charge in [-0.1, -0.05) is 11.6 Å². The average Bonchev–Trinajstić information content (AvgIpc) is 2.41. The first kappa shape index (κ1) is 15.1. The van der Waals surface area contributed by atoms with Gasteiger partial charge in [-0.25, -0.2) is 0 Å². The molecule has 2 rings (SSSR count). The second-order valence-electron chi connectivity index (χ2n) is 4.25. The maximum atomic E-state index is 11.8. The number of carbonyl (C=O) groups is 1. The van der Waals surface area contributed by atoms with Gasteiger partial charge in [0.1, 0.15) is 5.75 Å². The second-order valence-corrected chi connectivity index (χ2v) is 5.93. The van der Waals surface area contributed by atoms with E-state index in [1.807, 2.05) is 25.1 Å². The van der Waals surface area contributed by atoms with Gasteiger partial charge >= 0.3 is 0 Å². The highest BCUT2D eigenvalue weighted by Crippen LogP contribution is 2.18. The zero-order valence-corrected chi connectivity index (χ0v) is 13.7. The molecule has 5 heteroatoms. The number of anilines is 1. The fourth-order valence-electron chi connectivity index (χ4n) is 1.63. The molecule has 0 unspecified atom stereocenters. The van der Waals surface area contributed by atoms with Crippen molar-refractivity contribution < 1.29 is 9.53 Å². The minimum atomic E-state index is -0.191. The van der Waals surface area contributed by atoms with E-state index < -0.39 is 0 Å². The van der Waals surface area contributed by atoms with Crippen LogP contribution in [0.4, 0.5) is 5.69 Å². The third-order valence-electron chi connectivity index (χ3n) is 2.65. The quantitative estimate of drug-likeness (QED) is 0.777. The van der Waals surface area contributed by atoms with Gasteiger partial charge in [0, 0.05) is 14.3 Å². The Bertz CT molecular complexity index is 614. The summed E-state index contributed by atoms with van der Waals surface area (Å²) in [7, 11) is 0. The number of hydrogen-bond donors (Lipinski definition) is 1. The summed E-state index contributed by atoms with van der Waals surface area (Å²) in [5, 5.41) is 3.46. The van der Waals surface area contributed by atoms with E-state index in [-0.39, 0.29) is 12.5 Å². The molecule has 0 spiro atoms. The van der Waals surface area contributed by atoms with Gasteiger partial charge in [-0.15, -0.1) is 0 Å². The molecule has 1 amide bonds. The average molecular weight is 402 g/mol. The van der Waals surface area contributed by atoms with Gasteiger partial charge in [0.2, 0.25) is 0 Å². The van der Waals surface area contributed by atoms with Crippen molar-refractivity contribution >= 4 is 45.8 Å². The van der Waals surface area contributed by atoms with E-state index in [0.29, 0.717) is 10.8 Å². The lowest BCUT2D eigenvalue weighted by molar-refractivity contribution is -0.118. The Kier molecular flexibility index (Phi) is 5.25. The van der Waals surface area contributed by atoms with Crippen molar-refractivity contribution in [3.05, 3.63) is 56.6 Å². The normalized spacial score (nSPS) is 10.2. The fraction of sp³-hybridized carbons (Fsp3) is 0.133. The molecule has 0 saturated carbocycles. The van der Waals surface area contributed by atoms with Gasteiger partial charge in [-0.3, -0.25) is 4.79 Å². The summed E-state index contributed by atoms with van der Waals surface area (Å²) in [6.07, 6.45) is 0. The molecule has 0 bridgehead atoms. The van der Waals surface area contributed by atoms with Gasteiger partial charge in [0.05, 0.1) is 0 Å². The summed E-state index contributed by atoms with van der Waals surface area (Å²) in [6, 6.07) is 12.7. The fourth-order valence-corrected chi connectivity index (χ4v) is 2.41. The van der Waals surface area contributed by atoms with Crippen LogP contribution >= 0.6 is 34.2 Å². The highest BCUT2D eigenvalue weighted by Gasteiger charge is 2.06. The predicted molar refractivity (Wildman–Crippen MR) is 89.5 cm³/mol. The van der Waals surface area contributed by atoms with E-state index in [1.165, 1.54) is 0 Å². The van der Waals surface area contributed by atoms with Gasteiger partial charge in [0.25, 0.3) is 5.91 Å². The summed E-state index contributed by atoms with van der Waals surface area (Å²) >= 11 is 8.01. The maximum Gasteiger partial charge on any atom is 0.262 e. The molecule has 0 aliphatic heterocycles. The smallest absolute Gasteiger partial charge is 0.262 e. The number of nitrogens with one attached hydrogen (secondary N) is 1. The number of rotatable bonds is 4. The van der Waals surface area contributed by atoms with Gasteiger partial charge in [0.15, 0.2) is 6.61 Å². The van der Waals surface area contributed by atoms with Crippen LogP contribution in [0.15, 0.2) is 42.5 Å². The van der Waals surface area contributed by atoms with Crippen LogP contribution in [-0.2, 0) is 4.79 Å². The van der Waals surface area contributed by atoms with Crippen molar-refractivity contribution in [1.82, 2.24) is 0 Å². The van der Waals surface area contributed by atoms with Crippen LogP contribution in [0.2, 0.25) is 5.02 Å². The molecule has 0 heterocycles. The van der Waals surface area contributed by atoms with Crippen molar-refractivity contribution in [2.45, 2.75) is 6.92 Å². The predicted octanol–water partition coefficient (Wildman–Crippen LogP) is 4.27. The number of benzene rings is 2. The van der Waals surface area contributed by atoms with E-state index in [2.05, 4.69) is 27.9 Å². The highest BCUT2D eigenvalue weighted by molar-refractivity contribution is 14.1. The molecule has 0 radical (unpaired) electrons. The lowest BCUT2D eigenvalue weighted by Gasteiger charge is -2.10. The Morgan fingerprint density at radius 3 is 2.60 bits per heavy atom. The van der Waals surface area contributed by atoms with E-state index in [4.69, 9.17) is 16.3 Å². The van der Waals surface area contributed by atoms with Crippen molar-refractivity contribution in [2.24, 2.45) is 0 Å². The first-order valence-electron chi connectivity index (χ1n) is 5.99. The Balaban J connectivity index is 1.90. The second kappa shape index (κ2) is 6.95. The number of hydrogen-bond acceptors (Lipinski definition) is 2.